The molecule has 118 valence electrons. The Morgan fingerprint density at radius 2 is 2.00 bits per heavy atom. The van der Waals surface area contributed by atoms with Crippen LogP contribution in [0.2, 0.25) is 0 Å². The molecular formula is C12H20N4O4S. The van der Waals surface area contributed by atoms with Crippen LogP contribution in [0.25, 0.3) is 0 Å². The summed E-state index contributed by atoms with van der Waals surface area (Å²) in [6.45, 7) is 5.60. The van der Waals surface area contributed by atoms with E-state index in [0.717, 1.165) is 0 Å². The number of para-hydroxylation sites is 1. The molecule has 1 rings (SSSR count). The SMILES string of the molecule is CCC(NS(=O)(=O)c1cccc(NN)c1[N+](=O)[O-])C(C)C. The van der Waals surface area contributed by atoms with E-state index in [1.54, 1.807) is 0 Å². The van der Waals surface area contributed by atoms with E-state index < -0.39 is 25.5 Å². The largest absolute Gasteiger partial charge is 0.318 e. The van der Waals surface area contributed by atoms with Gasteiger partial charge in [-0.1, -0.05) is 26.8 Å². The molecule has 0 spiro atoms. The summed E-state index contributed by atoms with van der Waals surface area (Å²) in [6, 6.07) is 3.63. The van der Waals surface area contributed by atoms with E-state index in [1.807, 2.05) is 20.8 Å². The van der Waals surface area contributed by atoms with Gasteiger partial charge in [0.2, 0.25) is 10.0 Å². The van der Waals surface area contributed by atoms with E-state index in [9.17, 15) is 18.5 Å². The van der Waals surface area contributed by atoms with Crippen molar-refractivity contribution in [1.82, 2.24) is 4.72 Å². The van der Waals surface area contributed by atoms with Crippen LogP contribution in [-0.4, -0.2) is 19.4 Å². The third-order valence-electron chi connectivity index (χ3n) is 3.18. The molecule has 1 aromatic rings. The zero-order valence-electron chi connectivity index (χ0n) is 12.2. The van der Waals surface area contributed by atoms with Crippen molar-refractivity contribution in [3.63, 3.8) is 0 Å². The van der Waals surface area contributed by atoms with Gasteiger partial charge in [-0.3, -0.25) is 16.0 Å². The number of sulfonamides is 1. The van der Waals surface area contributed by atoms with Crippen LogP contribution in [0.4, 0.5) is 11.4 Å². The van der Waals surface area contributed by atoms with Gasteiger partial charge >= 0.3 is 5.69 Å². The Labute approximate surface area is 123 Å². The van der Waals surface area contributed by atoms with Gasteiger partial charge in [-0.15, -0.1) is 0 Å². The molecular weight excluding hydrogens is 296 g/mol. The lowest BCUT2D eigenvalue weighted by atomic mass is 10.0. The normalized spacial score (nSPS) is 13.2. The highest BCUT2D eigenvalue weighted by Crippen LogP contribution is 2.31. The van der Waals surface area contributed by atoms with Gasteiger partial charge in [0.1, 0.15) is 5.69 Å². The molecule has 1 aromatic carbocycles. The smallest absolute Gasteiger partial charge is 0.313 e. The molecule has 0 saturated carbocycles. The number of nitro benzene ring substituents is 1. The number of benzene rings is 1. The van der Waals surface area contributed by atoms with Crippen LogP contribution in [0.15, 0.2) is 23.1 Å². The quantitative estimate of drug-likeness (QED) is 0.398. The summed E-state index contributed by atoms with van der Waals surface area (Å²) in [6.07, 6.45) is 0.583. The minimum atomic E-state index is -4.01. The van der Waals surface area contributed by atoms with E-state index in [2.05, 4.69) is 10.1 Å². The number of hydrogen-bond acceptors (Lipinski definition) is 6. The number of rotatable bonds is 7. The van der Waals surface area contributed by atoms with Crippen LogP contribution in [0.3, 0.4) is 0 Å². The summed E-state index contributed by atoms with van der Waals surface area (Å²) in [7, 11) is -4.01. The molecule has 0 bridgehead atoms. The summed E-state index contributed by atoms with van der Waals surface area (Å²) >= 11 is 0. The van der Waals surface area contributed by atoms with E-state index in [4.69, 9.17) is 5.84 Å². The van der Waals surface area contributed by atoms with Crippen molar-refractivity contribution in [1.29, 1.82) is 0 Å². The molecule has 21 heavy (non-hydrogen) atoms. The Kier molecular flexibility index (Phi) is 5.64. The highest BCUT2D eigenvalue weighted by atomic mass is 32.2. The highest BCUT2D eigenvalue weighted by molar-refractivity contribution is 7.89. The first kappa shape index (κ1) is 17.3. The van der Waals surface area contributed by atoms with Crippen LogP contribution in [0, 0.1) is 16.0 Å². The maximum Gasteiger partial charge on any atom is 0.313 e. The first-order valence-electron chi connectivity index (χ1n) is 6.51. The lowest BCUT2D eigenvalue weighted by molar-refractivity contribution is -0.386. The van der Waals surface area contributed by atoms with Gasteiger partial charge in [0.05, 0.1) is 4.92 Å². The number of nitrogens with zero attached hydrogens (tertiary/aromatic N) is 1. The third-order valence-corrected chi connectivity index (χ3v) is 4.70. The first-order valence-corrected chi connectivity index (χ1v) is 7.99. The minimum Gasteiger partial charge on any atom is -0.318 e. The number of nitrogens with one attached hydrogen (secondary N) is 2. The molecule has 8 nitrogen and oxygen atoms in total. The molecule has 1 atom stereocenters. The summed E-state index contributed by atoms with van der Waals surface area (Å²) in [4.78, 5) is 9.99. The van der Waals surface area contributed by atoms with Gasteiger partial charge in [-0.05, 0) is 24.5 Å². The van der Waals surface area contributed by atoms with E-state index in [0.29, 0.717) is 6.42 Å². The number of nitrogens with two attached hydrogens (primary N) is 1. The van der Waals surface area contributed by atoms with E-state index in [-0.39, 0.29) is 17.6 Å². The zero-order chi connectivity index (χ0) is 16.2. The Bertz CT molecular complexity index is 616. The van der Waals surface area contributed by atoms with Crippen molar-refractivity contribution in [3.05, 3.63) is 28.3 Å². The van der Waals surface area contributed by atoms with Crippen LogP contribution in [-0.2, 0) is 10.0 Å². The Hall–Kier alpha value is -1.71. The lowest BCUT2D eigenvalue weighted by Crippen LogP contribution is -2.38. The van der Waals surface area contributed by atoms with Crippen molar-refractivity contribution in [2.24, 2.45) is 11.8 Å². The summed E-state index contributed by atoms with van der Waals surface area (Å²) in [5.41, 5.74) is 1.53. The second-order valence-electron chi connectivity index (χ2n) is 4.93. The van der Waals surface area contributed by atoms with Crippen molar-refractivity contribution in [2.75, 3.05) is 5.43 Å². The standard InChI is InChI=1S/C12H20N4O4S/c1-4-9(8(2)3)15-21(19,20)11-7-5-6-10(14-13)12(11)16(17)18/h5-9,14-15H,4,13H2,1-3H3. The number of nitro groups is 1. The lowest BCUT2D eigenvalue weighted by Gasteiger charge is -2.20. The fourth-order valence-electron chi connectivity index (χ4n) is 2.00. The molecule has 0 aliphatic rings. The van der Waals surface area contributed by atoms with E-state index >= 15 is 0 Å². The van der Waals surface area contributed by atoms with Crippen LogP contribution < -0.4 is 16.0 Å². The van der Waals surface area contributed by atoms with Crippen molar-refractivity contribution in [2.45, 2.75) is 38.1 Å². The van der Waals surface area contributed by atoms with Gasteiger partial charge in [-0.2, -0.15) is 0 Å². The fourth-order valence-corrected chi connectivity index (χ4v) is 3.66. The average molecular weight is 316 g/mol. The number of hydrazine groups is 1. The Morgan fingerprint density at radius 3 is 2.43 bits per heavy atom. The molecule has 0 radical (unpaired) electrons. The molecule has 4 N–H and O–H groups in total. The first-order chi connectivity index (χ1) is 9.74. The molecule has 0 aliphatic heterocycles. The van der Waals surface area contributed by atoms with Crippen molar-refractivity contribution >= 4 is 21.4 Å². The topological polar surface area (TPSA) is 127 Å². The highest BCUT2D eigenvalue weighted by Gasteiger charge is 2.30. The molecule has 0 aromatic heterocycles. The zero-order valence-corrected chi connectivity index (χ0v) is 13.0. The minimum absolute atomic E-state index is 0.0551. The van der Waals surface area contributed by atoms with Crippen LogP contribution in [0.5, 0.6) is 0 Å². The molecule has 9 heteroatoms. The van der Waals surface area contributed by atoms with Gasteiger partial charge in [-0.25, -0.2) is 13.1 Å². The van der Waals surface area contributed by atoms with Crippen molar-refractivity contribution in [3.8, 4) is 0 Å². The summed E-state index contributed by atoms with van der Waals surface area (Å²) in [5.74, 6) is 5.28. The summed E-state index contributed by atoms with van der Waals surface area (Å²) < 4.78 is 27.3. The Morgan fingerprint density at radius 1 is 1.38 bits per heavy atom. The van der Waals surface area contributed by atoms with Gasteiger partial charge < -0.3 is 5.43 Å². The second-order valence-corrected chi connectivity index (χ2v) is 6.62. The number of anilines is 1. The average Bonchev–Trinajstić information content (AvgIpc) is 2.43. The molecule has 0 saturated heterocycles. The van der Waals surface area contributed by atoms with E-state index in [1.165, 1.54) is 18.2 Å². The maximum atomic E-state index is 12.4. The monoisotopic (exact) mass is 316 g/mol. The number of hydrogen-bond donors (Lipinski definition) is 3. The van der Waals surface area contributed by atoms with Gasteiger partial charge in [0, 0.05) is 6.04 Å². The predicted octanol–water partition coefficient (Wildman–Crippen LogP) is 1.59. The van der Waals surface area contributed by atoms with Crippen LogP contribution in [0.1, 0.15) is 27.2 Å². The number of nitrogen functional groups attached to an aromatic ring is 1. The van der Waals surface area contributed by atoms with Crippen molar-refractivity contribution < 1.29 is 13.3 Å². The predicted molar refractivity (Wildman–Crippen MR) is 80.1 cm³/mol. The fraction of sp³-hybridized carbons (Fsp3) is 0.500. The molecule has 0 aliphatic carbocycles. The second kappa shape index (κ2) is 6.83. The van der Waals surface area contributed by atoms with Gasteiger partial charge in [0.25, 0.3) is 0 Å². The molecule has 0 fully saturated rings. The molecule has 1 unspecified atom stereocenters. The van der Waals surface area contributed by atoms with Crippen LogP contribution >= 0.6 is 0 Å². The maximum absolute atomic E-state index is 12.4. The third kappa shape index (κ3) is 3.90. The summed E-state index contributed by atoms with van der Waals surface area (Å²) in [5, 5.41) is 11.2. The molecule has 0 amide bonds. The Balaban J connectivity index is 3.35. The van der Waals surface area contributed by atoms with Gasteiger partial charge in [0.15, 0.2) is 4.90 Å². The molecule has 0 heterocycles.